The molecule has 4 nitrogen and oxygen atoms in total. The molecule has 0 aliphatic carbocycles. The second-order valence-corrected chi connectivity index (χ2v) is 5.50. The Labute approximate surface area is 132 Å². The molecular formula is C14H7BrClFN2O2. The van der Waals surface area contributed by atoms with Crippen LogP contribution in [0.2, 0.25) is 5.02 Å². The molecular weight excluding hydrogens is 363 g/mol. The van der Waals surface area contributed by atoms with Crippen LogP contribution >= 0.6 is 27.5 Å². The van der Waals surface area contributed by atoms with E-state index >= 15 is 0 Å². The molecule has 1 N–H and O–H groups in total. The van der Waals surface area contributed by atoms with Gasteiger partial charge in [-0.3, -0.25) is 0 Å². The normalized spacial score (nSPS) is 10.8. The van der Waals surface area contributed by atoms with E-state index in [9.17, 15) is 9.50 Å². The third-order valence-electron chi connectivity index (χ3n) is 2.79. The van der Waals surface area contributed by atoms with E-state index in [-0.39, 0.29) is 23.3 Å². The zero-order valence-electron chi connectivity index (χ0n) is 10.3. The second-order valence-electron chi connectivity index (χ2n) is 4.21. The largest absolute Gasteiger partial charge is 0.507 e. The highest BCUT2D eigenvalue weighted by Crippen LogP contribution is 2.32. The van der Waals surface area contributed by atoms with E-state index in [4.69, 9.17) is 16.1 Å². The van der Waals surface area contributed by atoms with Crippen molar-refractivity contribution in [2.45, 2.75) is 0 Å². The maximum atomic E-state index is 13.2. The highest BCUT2D eigenvalue weighted by Gasteiger charge is 2.15. The van der Waals surface area contributed by atoms with Gasteiger partial charge in [0, 0.05) is 10.6 Å². The van der Waals surface area contributed by atoms with Crippen LogP contribution < -0.4 is 0 Å². The Kier molecular flexibility index (Phi) is 3.65. The number of rotatable bonds is 2. The van der Waals surface area contributed by atoms with Crippen LogP contribution in [-0.4, -0.2) is 15.2 Å². The smallest absolute Gasteiger partial charge is 0.262 e. The summed E-state index contributed by atoms with van der Waals surface area (Å²) < 4.78 is 18.6. The van der Waals surface area contributed by atoms with E-state index in [1.807, 2.05) is 0 Å². The lowest BCUT2D eigenvalue weighted by Crippen LogP contribution is -1.84. The number of hydrogen-bond donors (Lipinski definition) is 1. The van der Waals surface area contributed by atoms with Gasteiger partial charge in [0.25, 0.3) is 5.89 Å². The second kappa shape index (κ2) is 5.46. The Balaban J connectivity index is 2.03. The average molecular weight is 370 g/mol. The van der Waals surface area contributed by atoms with Gasteiger partial charge in [-0.05, 0) is 52.3 Å². The quantitative estimate of drug-likeness (QED) is 0.713. The molecule has 21 heavy (non-hydrogen) atoms. The summed E-state index contributed by atoms with van der Waals surface area (Å²) in [5, 5.41) is 14.1. The third kappa shape index (κ3) is 2.77. The Morgan fingerprint density at radius 2 is 2.00 bits per heavy atom. The van der Waals surface area contributed by atoms with Crippen LogP contribution in [0, 0.1) is 5.82 Å². The van der Waals surface area contributed by atoms with Crippen LogP contribution in [0.5, 0.6) is 5.75 Å². The fourth-order valence-electron chi connectivity index (χ4n) is 1.76. The summed E-state index contributed by atoms with van der Waals surface area (Å²) >= 11 is 8.98. The highest BCUT2D eigenvalue weighted by molar-refractivity contribution is 9.10. The minimum absolute atomic E-state index is 0.0186. The molecule has 0 bridgehead atoms. The number of aromatic nitrogens is 2. The van der Waals surface area contributed by atoms with Crippen molar-refractivity contribution < 1.29 is 14.0 Å². The Bertz CT molecular complexity index is 822. The summed E-state index contributed by atoms with van der Waals surface area (Å²) in [6.07, 6.45) is 0. The monoisotopic (exact) mass is 368 g/mol. The van der Waals surface area contributed by atoms with Gasteiger partial charge in [0.2, 0.25) is 5.82 Å². The van der Waals surface area contributed by atoms with Gasteiger partial charge in [-0.2, -0.15) is 4.98 Å². The number of nitrogens with zero attached hydrogens (tertiary/aromatic N) is 2. The minimum atomic E-state index is -0.380. The number of aromatic hydroxyl groups is 1. The van der Waals surface area contributed by atoms with Gasteiger partial charge < -0.3 is 9.63 Å². The first-order chi connectivity index (χ1) is 10.0. The molecule has 0 unspecified atom stereocenters. The predicted octanol–water partition coefficient (Wildman–Crippen LogP) is 4.66. The van der Waals surface area contributed by atoms with Gasteiger partial charge >= 0.3 is 0 Å². The fraction of sp³-hybridized carbons (Fsp3) is 0. The van der Waals surface area contributed by atoms with Crippen LogP contribution in [0.25, 0.3) is 22.8 Å². The van der Waals surface area contributed by atoms with E-state index in [1.54, 1.807) is 12.1 Å². The topological polar surface area (TPSA) is 59.2 Å². The zero-order chi connectivity index (χ0) is 15.0. The third-order valence-corrected chi connectivity index (χ3v) is 3.64. The molecule has 0 saturated heterocycles. The first-order valence-electron chi connectivity index (χ1n) is 5.82. The molecule has 0 fully saturated rings. The lowest BCUT2D eigenvalue weighted by Gasteiger charge is -1.99. The molecule has 0 saturated carbocycles. The molecule has 0 spiro atoms. The van der Waals surface area contributed by atoms with Crippen molar-refractivity contribution in [2.24, 2.45) is 0 Å². The van der Waals surface area contributed by atoms with E-state index < -0.39 is 0 Å². The number of hydrogen-bond acceptors (Lipinski definition) is 4. The summed E-state index contributed by atoms with van der Waals surface area (Å²) in [7, 11) is 0. The molecule has 0 atom stereocenters. The van der Waals surface area contributed by atoms with E-state index in [0.717, 1.165) is 0 Å². The maximum Gasteiger partial charge on any atom is 0.262 e. The van der Waals surface area contributed by atoms with Crippen molar-refractivity contribution in [2.75, 3.05) is 0 Å². The Morgan fingerprint density at radius 3 is 2.76 bits per heavy atom. The number of benzene rings is 2. The van der Waals surface area contributed by atoms with Crippen molar-refractivity contribution in [3.63, 3.8) is 0 Å². The fourth-order valence-corrected chi connectivity index (χ4v) is 2.32. The molecule has 0 aliphatic heterocycles. The number of phenols is 1. The van der Waals surface area contributed by atoms with Crippen LogP contribution in [0.4, 0.5) is 4.39 Å². The van der Waals surface area contributed by atoms with Crippen molar-refractivity contribution in [1.82, 2.24) is 10.1 Å². The van der Waals surface area contributed by atoms with Gasteiger partial charge in [-0.25, -0.2) is 4.39 Å². The number of halogens is 3. The molecule has 0 amide bonds. The number of phenolic OH excluding ortho intramolecular Hbond substituents is 1. The molecule has 0 aliphatic rings. The van der Waals surface area contributed by atoms with Crippen LogP contribution in [-0.2, 0) is 0 Å². The summed E-state index contributed by atoms with van der Waals surface area (Å²) in [5.74, 6) is 0.0142. The van der Waals surface area contributed by atoms with Crippen molar-refractivity contribution in [3.05, 3.63) is 51.7 Å². The standard InChI is InChI=1S/C14H7BrClFN2O2/c15-10-5-7(1-3-11(10)17)13-18-14(21-19-13)9-6-8(16)2-4-12(9)20/h1-6,20H. The van der Waals surface area contributed by atoms with Crippen molar-refractivity contribution in [1.29, 1.82) is 0 Å². The molecule has 7 heteroatoms. The molecule has 106 valence electrons. The SMILES string of the molecule is Oc1ccc(Cl)cc1-c1nc(-c2ccc(F)c(Br)c2)no1. The molecule has 1 heterocycles. The van der Waals surface area contributed by atoms with Gasteiger partial charge in [0.05, 0.1) is 10.0 Å². The van der Waals surface area contributed by atoms with Gasteiger partial charge in [-0.1, -0.05) is 16.8 Å². The van der Waals surface area contributed by atoms with Crippen LogP contribution in [0.3, 0.4) is 0 Å². The molecule has 1 aromatic heterocycles. The van der Waals surface area contributed by atoms with Gasteiger partial charge in [-0.15, -0.1) is 0 Å². The van der Waals surface area contributed by atoms with Crippen LogP contribution in [0.15, 0.2) is 45.4 Å². The zero-order valence-corrected chi connectivity index (χ0v) is 12.7. The van der Waals surface area contributed by atoms with E-state index in [2.05, 4.69) is 26.1 Å². The Morgan fingerprint density at radius 1 is 1.19 bits per heavy atom. The first-order valence-corrected chi connectivity index (χ1v) is 7.00. The Hall–Kier alpha value is -1.92. The first kappa shape index (κ1) is 14.0. The average Bonchev–Trinajstić information content (AvgIpc) is 2.94. The van der Waals surface area contributed by atoms with Crippen molar-refractivity contribution in [3.8, 4) is 28.6 Å². The summed E-state index contributed by atoms with van der Waals surface area (Å²) in [4.78, 5) is 4.18. The molecule has 3 aromatic rings. The lowest BCUT2D eigenvalue weighted by atomic mass is 10.2. The summed E-state index contributed by atoms with van der Waals surface area (Å²) in [6.45, 7) is 0. The van der Waals surface area contributed by atoms with Gasteiger partial charge in [0.15, 0.2) is 0 Å². The van der Waals surface area contributed by atoms with Crippen LogP contribution in [0.1, 0.15) is 0 Å². The predicted molar refractivity (Wildman–Crippen MR) is 79.5 cm³/mol. The van der Waals surface area contributed by atoms with Crippen molar-refractivity contribution >= 4 is 27.5 Å². The maximum absolute atomic E-state index is 13.2. The summed E-state index contributed by atoms with van der Waals surface area (Å²) in [6, 6.07) is 8.89. The summed E-state index contributed by atoms with van der Waals surface area (Å²) in [5.41, 5.74) is 0.919. The van der Waals surface area contributed by atoms with E-state index in [0.29, 0.717) is 20.6 Å². The minimum Gasteiger partial charge on any atom is -0.507 e. The molecule has 2 aromatic carbocycles. The highest BCUT2D eigenvalue weighted by atomic mass is 79.9. The van der Waals surface area contributed by atoms with E-state index in [1.165, 1.54) is 24.3 Å². The molecule has 0 radical (unpaired) electrons. The molecule has 3 rings (SSSR count). The lowest BCUT2D eigenvalue weighted by molar-refractivity contribution is 0.425. The van der Waals surface area contributed by atoms with Gasteiger partial charge in [0.1, 0.15) is 11.6 Å².